The minimum absolute atomic E-state index is 0.0872. The highest BCUT2D eigenvalue weighted by Crippen LogP contribution is 2.16. The molecule has 0 fully saturated rings. The van der Waals surface area contributed by atoms with E-state index in [-0.39, 0.29) is 31.1 Å². The number of carbonyl (C=O) groups excluding carboxylic acids is 3. The van der Waals surface area contributed by atoms with Crippen molar-refractivity contribution in [2.24, 2.45) is 0 Å². The first-order valence-corrected chi connectivity index (χ1v) is 28.8. The zero-order valence-corrected chi connectivity index (χ0v) is 44.4. The van der Waals surface area contributed by atoms with Crippen LogP contribution in [-0.4, -0.2) is 37.2 Å². The van der Waals surface area contributed by atoms with Crippen molar-refractivity contribution in [2.75, 3.05) is 13.2 Å². The molecule has 0 saturated carbocycles. The van der Waals surface area contributed by atoms with Crippen molar-refractivity contribution in [1.29, 1.82) is 0 Å². The summed E-state index contributed by atoms with van der Waals surface area (Å²) in [6.45, 7) is 6.52. The molecule has 6 heteroatoms. The molecule has 0 aliphatic carbocycles. The van der Waals surface area contributed by atoms with Crippen LogP contribution in [0.15, 0.2) is 60.8 Å². The number of carbonyl (C=O) groups is 3. The molecule has 0 aromatic rings. The molecule has 0 spiro atoms. The van der Waals surface area contributed by atoms with E-state index < -0.39 is 6.10 Å². The number of ether oxygens (including phenoxy) is 3. The van der Waals surface area contributed by atoms with Gasteiger partial charge in [0.05, 0.1) is 0 Å². The number of allylic oxidation sites excluding steroid dienone is 10. The van der Waals surface area contributed by atoms with Crippen LogP contribution in [0.2, 0.25) is 0 Å². The first-order valence-electron chi connectivity index (χ1n) is 28.8. The van der Waals surface area contributed by atoms with E-state index in [1.807, 2.05) is 0 Å². The van der Waals surface area contributed by atoms with Gasteiger partial charge in [-0.25, -0.2) is 0 Å². The minimum atomic E-state index is -0.792. The number of hydrogen-bond acceptors (Lipinski definition) is 6. The van der Waals surface area contributed by atoms with Gasteiger partial charge in [0, 0.05) is 19.3 Å². The van der Waals surface area contributed by atoms with Gasteiger partial charge in [-0.05, 0) is 83.5 Å². The van der Waals surface area contributed by atoms with E-state index in [2.05, 4.69) is 81.5 Å². The third kappa shape index (κ3) is 53.9. The summed E-state index contributed by atoms with van der Waals surface area (Å²) in [7, 11) is 0. The van der Waals surface area contributed by atoms with E-state index in [1.165, 1.54) is 154 Å². The lowest BCUT2D eigenvalue weighted by Gasteiger charge is -2.18. The second-order valence-corrected chi connectivity index (χ2v) is 19.2. The van der Waals surface area contributed by atoms with Crippen LogP contribution in [0.1, 0.15) is 290 Å². The van der Waals surface area contributed by atoms with Crippen molar-refractivity contribution in [3.05, 3.63) is 60.8 Å². The van der Waals surface area contributed by atoms with Gasteiger partial charge in [-0.15, -0.1) is 0 Å². The third-order valence-corrected chi connectivity index (χ3v) is 12.5. The maximum Gasteiger partial charge on any atom is 0.306 e. The van der Waals surface area contributed by atoms with E-state index in [9.17, 15) is 14.4 Å². The van der Waals surface area contributed by atoms with Gasteiger partial charge >= 0.3 is 17.9 Å². The Labute approximate surface area is 415 Å². The van der Waals surface area contributed by atoms with Crippen molar-refractivity contribution in [2.45, 2.75) is 297 Å². The molecule has 0 aliphatic rings. The predicted molar refractivity (Wildman–Crippen MR) is 288 cm³/mol. The Morgan fingerprint density at radius 2 is 0.582 bits per heavy atom. The third-order valence-electron chi connectivity index (χ3n) is 12.5. The topological polar surface area (TPSA) is 78.9 Å². The van der Waals surface area contributed by atoms with Gasteiger partial charge in [-0.3, -0.25) is 14.4 Å². The molecule has 388 valence electrons. The van der Waals surface area contributed by atoms with Gasteiger partial charge in [-0.1, -0.05) is 248 Å². The lowest BCUT2D eigenvalue weighted by atomic mass is 10.0. The maximum atomic E-state index is 12.8. The normalized spacial score (nSPS) is 12.5. The second kappa shape index (κ2) is 55.7. The zero-order valence-electron chi connectivity index (χ0n) is 44.4. The molecule has 1 unspecified atom stereocenters. The highest BCUT2D eigenvalue weighted by molar-refractivity contribution is 5.71. The van der Waals surface area contributed by atoms with Crippen LogP contribution in [0.25, 0.3) is 0 Å². The summed E-state index contributed by atoms with van der Waals surface area (Å²) in [6, 6.07) is 0. The fraction of sp³-hybridized carbons (Fsp3) is 0.787. The molecule has 67 heavy (non-hydrogen) atoms. The summed E-state index contributed by atoms with van der Waals surface area (Å²) in [5.41, 5.74) is 0. The van der Waals surface area contributed by atoms with Gasteiger partial charge in [0.25, 0.3) is 0 Å². The summed E-state index contributed by atoms with van der Waals surface area (Å²) < 4.78 is 16.8. The minimum Gasteiger partial charge on any atom is -0.462 e. The molecule has 0 radical (unpaired) electrons. The molecular formula is C61H108O6. The van der Waals surface area contributed by atoms with Crippen molar-refractivity contribution >= 4 is 17.9 Å². The zero-order chi connectivity index (χ0) is 48.6. The average Bonchev–Trinajstić information content (AvgIpc) is 3.33. The molecule has 0 saturated heterocycles. The molecule has 0 aromatic carbocycles. The van der Waals surface area contributed by atoms with Crippen LogP contribution < -0.4 is 0 Å². The summed E-state index contributed by atoms with van der Waals surface area (Å²) >= 11 is 0. The Kier molecular flexibility index (Phi) is 53.3. The van der Waals surface area contributed by atoms with E-state index >= 15 is 0 Å². The van der Waals surface area contributed by atoms with Crippen LogP contribution in [0.3, 0.4) is 0 Å². The van der Waals surface area contributed by atoms with Crippen LogP contribution in [0.5, 0.6) is 0 Å². The molecule has 0 rings (SSSR count). The fourth-order valence-electron chi connectivity index (χ4n) is 8.19. The predicted octanol–water partition coefficient (Wildman–Crippen LogP) is 19.2. The monoisotopic (exact) mass is 937 g/mol. The molecule has 0 heterocycles. The Balaban J connectivity index is 4.41. The van der Waals surface area contributed by atoms with Crippen molar-refractivity contribution in [3.63, 3.8) is 0 Å². The number of esters is 3. The molecule has 0 aliphatic heterocycles. The molecule has 0 bridgehead atoms. The van der Waals surface area contributed by atoms with E-state index in [0.29, 0.717) is 19.3 Å². The summed E-state index contributed by atoms with van der Waals surface area (Å²) in [5, 5.41) is 0. The lowest BCUT2D eigenvalue weighted by molar-refractivity contribution is -0.167. The Hall–Kier alpha value is -2.89. The summed E-state index contributed by atoms with van der Waals surface area (Å²) in [5.74, 6) is -0.915. The van der Waals surface area contributed by atoms with Crippen LogP contribution in [-0.2, 0) is 28.6 Å². The summed E-state index contributed by atoms with van der Waals surface area (Å²) in [4.78, 5) is 38.1. The maximum absolute atomic E-state index is 12.8. The molecule has 0 N–H and O–H groups in total. The Morgan fingerprint density at radius 1 is 0.313 bits per heavy atom. The lowest BCUT2D eigenvalue weighted by Crippen LogP contribution is -2.30. The molecule has 0 amide bonds. The highest BCUT2D eigenvalue weighted by Gasteiger charge is 2.19. The molecular weight excluding hydrogens is 829 g/mol. The van der Waals surface area contributed by atoms with Crippen molar-refractivity contribution < 1.29 is 28.6 Å². The van der Waals surface area contributed by atoms with Gasteiger partial charge in [-0.2, -0.15) is 0 Å². The fourth-order valence-corrected chi connectivity index (χ4v) is 8.19. The standard InChI is InChI=1S/C61H108O6/c1-4-7-10-13-16-19-22-25-28-30-31-34-36-39-42-45-48-51-54-60(63)66-57-58(56-65-59(62)53-50-47-44-41-38-35-32-27-24-21-18-15-12-9-6-3)67-61(64)55-52-49-46-43-40-37-33-29-26-23-20-17-14-11-8-5-2/h8,11,17,20,26,29,31,34,37,40,58H,4-7,9-10,12-16,18-19,21-25,27-28,30,32-33,35-36,38-39,41-57H2,1-3H3/b11-8-,20-17-,29-26-,34-31-,40-37-. The van der Waals surface area contributed by atoms with Crippen molar-refractivity contribution in [1.82, 2.24) is 0 Å². The van der Waals surface area contributed by atoms with Crippen LogP contribution in [0, 0.1) is 0 Å². The van der Waals surface area contributed by atoms with Gasteiger partial charge < -0.3 is 14.2 Å². The number of unbranched alkanes of at least 4 members (excludes halogenated alkanes) is 31. The van der Waals surface area contributed by atoms with E-state index in [4.69, 9.17) is 14.2 Å². The van der Waals surface area contributed by atoms with Crippen LogP contribution in [0.4, 0.5) is 0 Å². The van der Waals surface area contributed by atoms with Gasteiger partial charge in [0.1, 0.15) is 13.2 Å². The SMILES string of the molecule is CC/C=C\C/C=C\C/C=C\C/C=C\CCCCCC(=O)OC(COC(=O)CCCCCCC/C=C\CCCCCCCCCCC)COC(=O)CCCCCCCCCCCCCCCCC. The average molecular weight is 938 g/mol. The van der Waals surface area contributed by atoms with Crippen molar-refractivity contribution in [3.8, 4) is 0 Å². The first kappa shape index (κ1) is 64.1. The molecule has 6 nitrogen and oxygen atoms in total. The summed E-state index contributed by atoms with van der Waals surface area (Å²) in [6.07, 6.45) is 69.2. The Morgan fingerprint density at radius 3 is 0.940 bits per heavy atom. The van der Waals surface area contributed by atoms with E-state index in [0.717, 1.165) is 96.3 Å². The largest absolute Gasteiger partial charge is 0.462 e. The Bertz CT molecular complexity index is 1210. The smallest absolute Gasteiger partial charge is 0.306 e. The second-order valence-electron chi connectivity index (χ2n) is 19.2. The quantitative estimate of drug-likeness (QED) is 0.0262. The molecule has 1 atom stereocenters. The van der Waals surface area contributed by atoms with Gasteiger partial charge in [0.2, 0.25) is 0 Å². The first-order chi connectivity index (χ1) is 33.0. The van der Waals surface area contributed by atoms with Crippen LogP contribution >= 0.6 is 0 Å². The van der Waals surface area contributed by atoms with Gasteiger partial charge in [0.15, 0.2) is 6.10 Å². The highest BCUT2D eigenvalue weighted by atomic mass is 16.6. The van der Waals surface area contributed by atoms with E-state index in [1.54, 1.807) is 0 Å². The molecule has 0 aromatic heterocycles. The number of hydrogen-bond donors (Lipinski definition) is 0. The number of rotatable bonds is 52.